The maximum atomic E-state index is 12.2. The van der Waals surface area contributed by atoms with E-state index in [-0.39, 0.29) is 11.7 Å². The number of aromatic nitrogens is 3. The number of para-hydroxylation sites is 1. The predicted octanol–water partition coefficient (Wildman–Crippen LogP) is 3.87. The van der Waals surface area contributed by atoms with Gasteiger partial charge in [-0.3, -0.25) is 9.36 Å². The maximum Gasteiger partial charge on any atom is 0.234 e. The van der Waals surface area contributed by atoms with E-state index < -0.39 is 0 Å². The lowest BCUT2D eigenvalue weighted by Crippen LogP contribution is -2.14. The number of benzene rings is 2. The highest BCUT2D eigenvalue weighted by molar-refractivity contribution is 7.99. The lowest BCUT2D eigenvalue weighted by Gasteiger charge is -2.08. The first-order valence-electron chi connectivity index (χ1n) is 8.37. The molecule has 7 heteroatoms. The van der Waals surface area contributed by atoms with Gasteiger partial charge in [0.1, 0.15) is 5.75 Å². The van der Waals surface area contributed by atoms with E-state index in [2.05, 4.69) is 22.1 Å². The Morgan fingerprint density at radius 2 is 1.93 bits per heavy atom. The number of anilines is 1. The first-order valence-corrected chi connectivity index (χ1v) is 9.36. The van der Waals surface area contributed by atoms with Crippen LogP contribution in [-0.4, -0.2) is 33.5 Å². The fourth-order valence-electron chi connectivity index (χ4n) is 2.49. The molecule has 0 bridgehead atoms. The third-order valence-corrected chi connectivity index (χ3v) is 4.73. The Morgan fingerprint density at radius 1 is 1.19 bits per heavy atom. The van der Waals surface area contributed by atoms with E-state index >= 15 is 0 Å². The van der Waals surface area contributed by atoms with Crippen molar-refractivity contribution in [3.05, 3.63) is 67.3 Å². The molecular weight excluding hydrogens is 360 g/mol. The number of hydrogen-bond acceptors (Lipinski definition) is 5. The van der Waals surface area contributed by atoms with Crippen LogP contribution in [-0.2, 0) is 11.3 Å². The molecule has 0 unspecified atom stereocenters. The second kappa shape index (κ2) is 9.05. The molecule has 0 saturated carbocycles. The number of nitrogens with one attached hydrogen (secondary N) is 1. The number of carbonyl (C=O) groups excluding carboxylic acids is 1. The number of nitrogens with zero attached hydrogens (tertiary/aromatic N) is 3. The number of rotatable bonds is 8. The maximum absolute atomic E-state index is 12.2. The van der Waals surface area contributed by atoms with Crippen LogP contribution in [0, 0.1) is 0 Å². The van der Waals surface area contributed by atoms with E-state index in [1.54, 1.807) is 13.2 Å². The molecule has 0 atom stereocenters. The van der Waals surface area contributed by atoms with Gasteiger partial charge in [-0.2, -0.15) is 0 Å². The van der Waals surface area contributed by atoms with Crippen LogP contribution in [0.4, 0.5) is 5.69 Å². The highest BCUT2D eigenvalue weighted by Crippen LogP contribution is 2.25. The summed E-state index contributed by atoms with van der Waals surface area (Å²) in [6, 6.07) is 17.0. The average Bonchev–Trinajstić information content (AvgIpc) is 3.10. The summed E-state index contributed by atoms with van der Waals surface area (Å²) in [5, 5.41) is 12.1. The van der Waals surface area contributed by atoms with Crippen molar-refractivity contribution in [3.8, 4) is 17.1 Å². The van der Waals surface area contributed by atoms with Crippen molar-refractivity contribution < 1.29 is 9.53 Å². The number of hydrogen-bond donors (Lipinski definition) is 1. The molecule has 0 aliphatic heterocycles. The molecule has 3 aromatic rings. The molecule has 2 aromatic carbocycles. The first-order chi connectivity index (χ1) is 13.2. The second-order valence-corrected chi connectivity index (χ2v) is 6.58. The molecule has 1 N–H and O–H groups in total. The molecule has 0 fully saturated rings. The van der Waals surface area contributed by atoms with Crippen molar-refractivity contribution in [1.29, 1.82) is 0 Å². The van der Waals surface area contributed by atoms with E-state index in [9.17, 15) is 4.79 Å². The third-order valence-electron chi connectivity index (χ3n) is 3.77. The molecule has 3 rings (SSSR count). The zero-order chi connectivity index (χ0) is 19.1. The number of methoxy groups -OCH3 is 1. The van der Waals surface area contributed by atoms with Gasteiger partial charge in [0.25, 0.3) is 0 Å². The number of ether oxygens (including phenoxy) is 1. The zero-order valence-electron chi connectivity index (χ0n) is 15.0. The summed E-state index contributed by atoms with van der Waals surface area (Å²) < 4.78 is 7.13. The Kier molecular flexibility index (Phi) is 6.27. The van der Waals surface area contributed by atoms with Gasteiger partial charge in [0.15, 0.2) is 11.0 Å². The van der Waals surface area contributed by atoms with Crippen molar-refractivity contribution in [3.63, 3.8) is 0 Å². The highest BCUT2D eigenvalue weighted by atomic mass is 32.2. The smallest absolute Gasteiger partial charge is 0.234 e. The molecule has 1 heterocycles. The van der Waals surface area contributed by atoms with Crippen LogP contribution in [0.1, 0.15) is 0 Å². The number of allylic oxidation sites excluding steroid dienone is 1. The summed E-state index contributed by atoms with van der Waals surface area (Å²) in [6.07, 6.45) is 1.78. The molecule has 27 heavy (non-hydrogen) atoms. The van der Waals surface area contributed by atoms with Gasteiger partial charge in [0.2, 0.25) is 5.91 Å². The van der Waals surface area contributed by atoms with Crippen LogP contribution in [0.5, 0.6) is 5.75 Å². The Labute approximate surface area is 162 Å². The zero-order valence-corrected chi connectivity index (χ0v) is 15.8. The molecule has 1 aromatic heterocycles. The van der Waals surface area contributed by atoms with Crippen LogP contribution < -0.4 is 10.1 Å². The summed E-state index contributed by atoms with van der Waals surface area (Å²) in [6.45, 7) is 4.36. The molecule has 0 radical (unpaired) electrons. The summed E-state index contributed by atoms with van der Waals surface area (Å²) in [7, 11) is 1.63. The van der Waals surface area contributed by atoms with Gasteiger partial charge in [0.05, 0.1) is 12.9 Å². The van der Waals surface area contributed by atoms with Crippen molar-refractivity contribution in [1.82, 2.24) is 14.8 Å². The predicted molar refractivity (Wildman–Crippen MR) is 108 cm³/mol. The summed E-state index contributed by atoms with van der Waals surface area (Å²) in [5.74, 6) is 1.65. The molecule has 0 aliphatic rings. The van der Waals surface area contributed by atoms with Crippen molar-refractivity contribution >= 4 is 23.4 Å². The van der Waals surface area contributed by atoms with Gasteiger partial charge in [-0.25, -0.2) is 0 Å². The van der Waals surface area contributed by atoms with Crippen LogP contribution in [0.15, 0.2) is 72.4 Å². The van der Waals surface area contributed by atoms with Gasteiger partial charge < -0.3 is 10.1 Å². The van der Waals surface area contributed by atoms with Crippen LogP contribution >= 0.6 is 11.8 Å². The molecule has 6 nitrogen and oxygen atoms in total. The number of amides is 1. The minimum Gasteiger partial charge on any atom is -0.497 e. The van der Waals surface area contributed by atoms with Gasteiger partial charge >= 0.3 is 0 Å². The lowest BCUT2D eigenvalue weighted by atomic mass is 10.2. The van der Waals surface area contributed by atoms with Crippen molar-refractivity contribution in [2.75, 3.05) is 18.2 Å². The second-order valence-electron chi connectivity index (χ2n) is 5.64. The van der Waals surface area contributed by atoms with Gasteiger partial charge in [-0.1, -0.05) is 36.0 Å². The molecule has 138 valence electrons. The average molecular weight is 380 g/mol. The molecule has 1 amide bonds. The molecular formula is C20H20N4O2S. The highest BCUT2D eigenvalue weighted by Gasteiger charge is 2.15. The SMILES string of the molecule is C=CCn1c(SCC(=O)Nc2ccccc2)nnc1-c1ccc(OC)cc1. The largest absolute Gasteiger partial charge is 0.497 e. The van der Waals surface area contributed by atoms with Crippen molar-refractivity contribution in [2.24, 2.45) is 0 Å². The van der Waals surface area contributed by atoms with Crippen LogP contribution in [0.3, 0.4) is 0 Å². The summed E-state index contributed by atoms with van der Waals surface area (Å²) in [5.41, 5.74) is 1.69. The van der Waals surface area contributed by atoms with Crippen LogP contribution in [0.2, 0.25) is 0 Å². The minimum atomic E-state index is -0.0923. The Balaban J connectivity index is 1.72. The normalized spacial score (nSPS) is 10.4. The monoisotopic (exact) mass is 380 g/mol. The third kappa shape index (κ3) is 4.77. The van der Waals surface area contributed by atoms with Gasteiger partial charge in [0, 0.05) is 17.8 Å². The first kappa shape index (κ1) is 18.7. The lowest BCUT2D eigenvalue weighted by molar-refractivity contribution is -0.113. The fraction of sp³-hybridized carbons (Fsp3) is 0.150. The van der Waals surface area contributed by atoms with E-state index in [1.807, 2.05) is 59.2 Å². The Morgan fingerprint density at radius 3 is 2.59 bits per heavy atom. The van der Waals surface area contributed by atoms with Crippen molar-refractivity contribution in [2.45, 2.75) is 11.7 Å². The van der Waals surface area contributed by atoms with Gasteiger partial charge in [-0.15, -0.1) is 16.8 Å². The fourth-order valence-corrected chi connectivity index (χ4v) is 3.24. The van der Waals surface area contributed by atoms with Gasteiger partial charge in [-0.05, 0) is 36.4 Å². The van der Waals surface area contributed by atoms with E-state index in [0.717, 1.165) is 22.8 Å². The quantitative estimate of drug-likeness (QED) is 0.475. The Bertz CT molecular complexity index is 907. The summed E-state index contributed by atoms with van der Waals surface area (Å²) in [4.78, 5) is 12.2. The van der Waals surface area contributed by atoms with Crippen LogP contribution in [0.25, 0.3) is 11.4 Å². The van der Waals surface area contributed by atoms with E-state index in [4.69, 9.17) is 4.74 Å². The Hall–Kier alpha value is -3.06. The van der Waals surface area contributed by atoms with E-state index in [1.165, 1.54) is 11.8 Å². The molecule has 0 saturated heterocycles. The standard InChI is InChI=1S/C20H20N4O2S/c1-3-13-24-19(15-9-11-17(26-2)12-10-15)22-23-20(24)27-14-18(25)21-16-7-5-4-6-8-16/h3-12H,1,13-14H2,2H3,(H,21,25). The molecule has 0 aliphatic carbocycles. The topological polar surface area (TPSA) is 69.0 Å². The number of carbonyl (C=O) groups is 1. The summed E-state index contributed by atoms with van der Waals surface area (Å²) >= 11 is 1.34. The minimum absolute atomic E-state index is 0.0923. The number of thioether (sulfide) groups is 1. The van der Waals surface area contributed by atoms with E-state index in [0.29, 0.717) is 11.7 Å². The molecule has 0 spiro atoms.